The van der Waals surface area contributed by atoms with Crippen LogP contribution in [0.1, 0.15) is 32.1 Å². The SMILES string of the molecule is c1cc2cc(OC3CCCCC3)cnc2[nH]1. The third-order valence-corrected chi connectivity index (χ3v) is 3.23. The van der Waals surface area contributed by atoms with Crippen LogP contribution in [0.4, 0.5) is 0 Å². The van der Waals surface area contributed by atoms with Gasteiger partial charge >= 0.3 is 0 Å². The summed E-state index contributed by atoms with van der Waals surface area (Å²) in [5.74, 6) is 0.902. The molecular formula is C13H16N2O. The summed E-state index contributed by atoms with van der Waals surface area (Å²) in [5, 5.41) is 1.12. The lowest BCUT2D eigenvalue weighted by molar-refractivity contribution is 0.154. The molecule has 0 aliphatic heterocycles. The van der Waals surface area contributed by atoms with Crippen molar-refractivity contribution in [3.05, 3.63) is 24.5 Å². The molecule has 1 saturated carbocycles. The van der Waals surface area contributed by atoms with Crippen molar-refractivity contribution in [3.63, 3.8) is 0 Å². The first kappa shape index (κ1) is 9.70. The van der Waals surface area contributed by atoms with Gasteiger partial charge in [0.05, 0.1) is 12.3 Å². The van der Waals surface area contributed by atoms with E-state index in [0.29, 0.717) is 6.10 Å². The maximum absolute atomic E-state index is 5.96. The largest absolute Gasteiger partial charge is 0.489 e. The van der Waals surface area contributed by atoms with E-state index in [4.69, 9.17) is 4.74 Å². The van der Waals surface area contributed by atoms with Gasteiger partial charge in [-0.05, 0) is 37.8 Å². The number of nitrogens with zero attached hydrogens (tertiary/aromatic N) is 1. The van der Waals surface area contributed by atoms with Crippen LogP contribution in [0, 0.1) is 0 Å². The molecule has 0 amide bonds. The summed E-state index contributed by atoms with van der Waals surface area (Å²) in [5.41, 5.74) is 0.927. The number of aromatic amines is 1. The first-order valence-corrected chi connectivity index (χ1v) is 6.01. The molecule has 2 aromatic heterocycles. The zero-order valence-corrected chi connectivity index (χ0v) is 9.28. The molecule has 0 spiro atoms. The Balaban J connectivity index is 1.77. The maximum atomic E-state index is 5.96. The Morgan fingerprint density at radius 2 is 2.12 bits per heavy atom. The fourth-order valence-corrected chi connectivity index (χ4v) is 2.36. The van der Waals surface area contributed by atoms with Gasteiger partial charge in [-0.15, -0.1) is 0 Å². The van der Waals surface area contributed by atoms with Crippen LogP contribution in [0.2, 0.25) is 0 Å². The normalized spacial score (nSPS) is 17.8. The molecule has 84 valence electrons. The van der Waals surface area contributed by atoms with E-state index in [9.17, 15) is 0 Å². The van der Waals surface area contributed by atoms with Crippen LogP contribution in [0.15, 0.2) is 24.5 Å². The molecule has 1 aliphatic carbocycles. The zero-order valence-electron chi connectivity index (χ0n) is 9.28. The molecule has 3 heteroatoms. The van der Waals surface area contributed by atoms with Crippen LogP contribution in [-0.2, 0) is 0 Å². The minimum absolute atomic E-state index is 0.395. The lowest BCUT2D eigenvalue weighted by Crippen LogP contribution is -2.19. The van der Waals surface area contributed by atoms with Gasteiger partial charge in [-0.2, -0.15) is 0 Å². The zero-order chi connectivity index (χ0) is 10.8. The molecule has 0 radical (unpaired) electrons. The molecular weight excluding hydrogens is 200 g/mol. The Morgan fingerprint density at radius 1 is 1.25 bits per heavy atom. The molecule has 3 nitrogen and oxygen atoms in total. The number of rotatable bonds is 2. The van der Waals surface area contributed by atoms with E-state index in [0.717, 1.165) is 16.8 Å². The van der Waals surface area contributed by atoms with Crippen LogP contribution < -0.4 is 4.74 Å². The summed E-state index contributed by atoms with van der Waals surface area (Å²) < 4.78 is 5.96. The molecule has 0 bridgehead atoms. The second kappa shape index (κ2) is 4.16. The number of ether oxygens (including phenoxy) is 1. The van der Waals surface area contributed by atoms with Crippen LogP contribution >= 0.6 is 0 Å². The van der Waals surface area contributed by atoms with Crippen LogP contribution in [-0.4, -0.2) is 16.1 Å². The highest BCUT2D eigenvalue weighted by Gasteiger charge is 2.15. The number of nitrogens with one attached hydrogen (secondary N) is 1. The van der Waals surface area contributed by atoms with E-state index in [1.165, 1.54) is 32.1 Å². The predicted octanol–water partition coefficient (Wildman–Crippen LogP) is 3.27. The average molecular weight is 216 g/mol. The van der Waals surface area contributed by atoms with Crippen molar-refractivity contribution in [1.29, 1.82) is 0 Å². The summed E-state index contributed by atoms with van der Waals surface area (Å²) >= 11 is 0. The van der Waals surface area contributed by atoms with Crippen molar-refractivity contribution < 1.29 is 4.74 Å². The van der Waals surface area contributed by atoms with Gasteiger partial charge < -0.3 is 9.72 Å². The van der Waals surface area contributed by atoms with E-state index in [-0.39, 0.29) is 0 Å². The Bertz CT molecular complexity index is 471. The molecule has 3 rings (SSSR count). The highest BCUT2D eigenvalue weighted by molar-refractivity contribution is 5.76. The molecule has 16 heavy (non-hydrogen) atoms. The summed E-state index contributed by atoms with van der Waals surface area (Å²) in [6.07, 6.45) is 10.4. The number of aromatic nitrogens is 2. The topological polar surface area (TPSA) is 37.9 Å². The van der Waals surface area contributed by atoms with Crippen molar-refractivity contribution in [3.8, 4) is 5.75 Å². The monoisotopic (exact) mass is 216 g/mol. The summed E-state index contributed by atoms with van der Waals surface area (Å²) in [6, 6.07) is 4.09. The van der Waals surface area contributed by atoms with Gasteiger partial charge in [0.1, 0.15) is 11.4 Å². The van der Waals surface area contributed by atoms with Crippen molar-refractivity contribution in [2.75, 3.05) is 0 Å². The van der Waals surface area contributed by atoms with Gasteiger partial charge in [-0.25, -0.2) is 4.98 Å². The number of pyridine rings is 1. The van der Waals surface area contributed by atoms with Crippen molar-refractivity contribution in [1.82, 2.24) is 9.97 Å². The summed E-state index contributed by atoms with van der Waals surface area (Å²) in [6.45, 7) is 0. The van der Waals surface area contributed by atoms with Crippen LogP contribution in [0.5, 0.6) is 5.75 Å². The first-order valence-electron chi connectivity index (χ1n) is 6.01. The lowest BCUT2D eigenvalue weighted by Gasteiger charge is -2.22. The number of hydrogen-bond acceptors (Lipinski definition) is 2. The Hall–Kier alpha value is -1.51. The van der Waals surface area contributed by atoms with Gasteiger partial charge in [0, 0.05) is 11.6 Å². The Labute approximate surface area is 94.8 Å². The standard InChI is InChI=1S/C13H16N2O/c1-2-4-11(5-3-1)16-12-8-10-6-7-14-13(10)15-9-12/h6-9,11H,1-5H2,(H,14,15). The molecule has 0 unspecified atom stereocenters. The number of fused-ring (bicyclic) bond motifs is 1. The summed E-state index contributed by atoms with van der Waals surface area (Å²) in [7, 11) is 0. The van der Waals surface area contributed by atoms with Crippen LogP contribution in [0.3, 0.4) is 0 Å². The minimum atomic E-state index is 0.395. The van der Waals surface area contributed by atoms with E-state index in [1.807, 2.05) is 18.5 Å². The smallest absolute Gasteiger partial charge is 0.138 e. The van der Waals surface area contributed by atoms with E-state index in [1.54, 1.807) is 0 Å². The molecule has 0 saturated heterocycles. The van der Waals surface area contributed by atoms with E-state index >= 15 is 0 Å². The molecule has 1 N–H and O–H groups in total. The predicted molar refractivity (Wildman–Crippen MR) is 63.6 cm³/mol. The van der Waals surface area contributed by atoms with Crippen LogP contribution in [0.25, 0.3) is 11.0 Å². The number of hydrogen-bond donors (Lipinski definition) is 1. The van der Waals surface area contributed by atoms with Gasteiger partial charge in [-0.1, -0.05) is 6.42 Å². The minimum Gasteiger partial charge on any atom is -0.489 e. The maximum Gasteiger partial charge on any atom is 0.138 e. The second-order valence-electron chi connectivity index (χ2n) is 4.46. The van der Waals surface area contributed by atoms with E-state index in [2.05, 4.69) is 16.0 Å². The van der Waals surface area contributed by atoms with Gasteiger partial charge in [-0.3, -0.25) is 0 Å². The van der Waals surface area contributed by atoms with Crippen molar-refractivity contribution in [2.45, 2.75) is 38.2 Å². The lowest BCUT2D eigenvalue weighted by atomic mass is 9.98. The molecule has 0 atom stereocenters. The molecule has 1 fully saturated rings. The van der Waals surface area contributed by atoms with Crippen molar-refractivity contribution >= 4 is 11.0 Å². The molecule has 0 aromatic carbocycles. The molecule has 2 heterocycles. The van der Waals surface area contributed by atoms with Crippen molar-refractivity contribution in [2.24, 2.45) is 0 Å². The number of H-pyrrole nitrogens is 1. The third-order valence-electron chi connectivity index (χ3n) is 3.23. The van der Waals surface area contributed by atoms with Gasteiger partial charge in [0.15, 0.2) is 0 Å². The van der Waals surface area contributed by atoms with Gasteiger partial charge in [0.2, 0.25) is 0 Å². The van der Waals surface area contributed by atoms with E-state index < -0.39 is 0 Å². The Morgan fingerprint density at radius 3 is 3.00 bits per heavy atom. The molecule has 2 aromatic rings. The Kier molecular flexibility index (Phi) is 2.52. The second-order valence-corrected chi connectivity index (χ2v) is 4.46. The fourth-order valence-electron chi connectivity index (χ4n) is 2.36. The molecule has 1 aliphatic rings. The highest BCUT2D eigenvalue weighted by atomic mass is 16.5. The van der Waals surface area contributed by atoms with Gasteiger partial charge in [0.25, 0.3) is 0 Å². The third kappa shape index (κ3) is 1.90. The highest BCUT2D eigenvalue weighted by Crippen LogP contribution is 2.24. The summed E-state index contributed by atoms with van der Waals surface area (Å²) in [4.78, 5) is 7.41. The quantitative estimate of drug-likeness (QED) is 0.836. The fraction of sp³-hybridized carbons (Fsp3) is 0.462. The average Bonchev–Trinajstić information content (AvgIpc) is 2.77. The first-order chi connectivity index (χ1) is 7.92.